The van der Waals surface area contributed by atoms with Gasteiger partial charge < -0.3 is 9.80 Å². The van der Waals surface area contributed by atoms with Crippen LogP contribution in [0.5, 0.6) is 0 Å². The summed E-state index contributed by atoms with van der Waals surface area (Å²) >= 11 is 0. The average Bonchev–Trinajstić information content (AvgIpc) is 3.32. The molecule has 2 unspecified atom stereocenters. The highest BCUT2D eigenvalue weighted by molar-refractivity contribution is 5.83. The predicted molar refractivity (Wildman–Crippen MR) is 138 cm³/mol. The number of rotatable bonds is 3. The van der Waals surface area contributed by atoms with E-state index >= 15 is 0 Å². The van der Waals surface area contributed by atoms with E-state index in [-0.39, 0.29) is 11.7 Å². The molecule has 3 aromatic rings. The van der Waals surface area contributed by atoms with E-state index in [0.717, 1.165) is 0 Å². The molecule has 0 saturated heterocycles. The molecule has 2 heteroatoms. The third kappa shape index (κ3) is 2.93. The van der Waals surface area contributed by atoms with E-state index in [1.807, 2.05) is 0 Å². The molecule has 0 amide bonds. The summed E-state index contributed by atoms with van der Waals surface area (Å²) in [6.45, 7) is 7.12. The Morgan fingerprint density at radius 1 is 0.758 bits per heavy atom. The summed E-state index contributed by atoms with van der Waals surface area (Å²) in [6, 6.07) is 29.3. The van der Waals surface area contributed by atoms with E-state index in [9.17, 15) is 0 Å². The highest BCUT2D eigenvalue weighted by atomic mass is 15.5. The van der Waals surface area contributed by atoms with E-state index in [2.05, 4.69) is 109 Å². The van der Waals surface area contributed by atoms with E-state index < -0.39 is 0 Å². The molecular weight excluding hydrogens is 400 g/mol. The van der Waals surface area contributed by atoms with Gasteiger partial charge in [0.05, 0.1) is 11.2 Å². The van der Waals surface area contributed by atoms with Crippen LogP contribution in [-0.4, -0.2) is 4.90 Å². The van der Waals surface area contributed by atoms with Crippen molar-refractivity contribution < 1.29 is 0 Å². The lowest BCUT2D eigenvalue weighted by atomic mass is 9.71. The molecule has 1 aliphatic carbocycles. The number of hydrogen-bond donors (Lipinski definition) is 0. The molecule has 33 heavy (non-hydrogen) atoms. The van der Waals surface area contributed by atoms with E-state index in [4.69, 9.17) is 0 Å². The van der Waals surface area contributed by atoms with Crippen molar-refractivity contribution in [1.29, 1.82) is 0 Å². The van der Waals surface area contributed by atoms with Gasteiger partial charge in [-0.3, -0.25) is 0 Å². The van der Waals surface area contributed by atoms with Gasteiger partial charge in [0.2, 0.25) is 0 Å². The lowest BCUT2D eigenvalue weighted by Crippen LogP contribution is -2.48. The predicted octanol–water partition coefficient (Wildman–Crippen LogP) is 8.01. The van der Waals surface area contributed by atoms with Gasteiger partial charge in [-0.15, -0.1) is 0 Å². The van der Waals surface area contributed by atoms with Crippen molar-refractivity contribution in [3.05, 3.63) is 107 Å². The van der Waals surface area contributed by atoms with Gasteiger partial charge in [-0.1, -0.05) is 92.1 Å². The molecule has 2 atom stereocenters. The maximum absolute atomic E-state index is 2.81. The zero-order chi connectivity index (χ0) is 22.6. The standard InChI is InChI=1S/C31H34N2/c1-22-14-10-13-21-28(22)32-23(2)29-26-19-11-12-20-27(26)31(3,25-17-8-5-9-18-25)33(29)30(32)24-15-6-4-7-16-24/h4,6-7,10-16,19-21,25,30H,5,8-9,17-18H2,1-3H3. The smallest absolute Gasteiger partial charge is 0.133 e. The van der Waals surface area contributed by atoms with E-state index in [1.54, 1.807) is 0 Å². The van der Waals surface area contributed by atoms with Crippen molar-refractivity contribution in [2.75, 3.05) is 4.90 Å². The Morgan fingerprint density at radius 3 is 2.18 bits per heavy atom. The number of para-hydroxylation sites is 1. The molecule has 0 spiro atoms. The van der Waals surface area contributed by atoms with Crippen molar-refractivity contribution in [2.24, 2.45) is 5.92 Å². The average molecular weight is 435 g/mol. The molecule has 168 valence electrons. The summed E-state index contributed by atoms with van der Waals surface area (Å²) in [4.78, 5) is 5.42. The highest BCUT2D eigenvalue weighted by Crippen LogP contribution is 2.61. The number of anilines is 1. The van der Waals surface area contributed by atoms with E-state index in [1.165, 1.54) is 71.4 Å². The second kappa shape index (κ2) is 7.80. The van der Waals surface area contributed by atoms with Gasteiger partial charge in [-0.05, 0) is 62.3 Å². The van der Waals surface area contributed by atoms with Gasteiger partial charge in [-0.2, -0.15) is 0 Å². The molecule has 1 fully saturated rings. The number of allylic oxidation sites excluding steroid dienone is 1. The first kappa shape index (κ1) is 20.6. The summed E-state index contributed by atoms with van der Waals surface area (Å²) < 4.78 is 0. The fraction of sp³-hybridized carbons (Fsp3) is 0.355. The lowest BCUT2D eigenvalue weighted by molar-refractivity contribution is 0.0606. The van der Waals surface area contributed by atoms with Crippen LogP contribution < -0.4 is 4.90 Å². The van der Waals surface area contributed by atoms with Crippen LogP contribution in [0.2, 0.25) is 0 Å². The first-order valence-corrected chi connectivity index (χ1v) is 12.6. The first-order chi connectivity index (χ1) is 16.1. The van der Waals surface area contributed by atoms with Crippen molar-refractivity contribution in [3.63, 3.8) is 0 Å². The molecule has 0 bridgehead atoms. The van der Waals surface area contributed by atoms with Gasteiger partial charge >= 0.3 is 0 Å². The van der Waals surface area contributed by atoms with Gasteiger partial charge in [-0.25, -0.2) is 0 Å². The molecule has 0 radical (unpaired) electrons. The van der Waals surface area contributed by atoms with Crippen molar-refractivity contribution >= 4 is 11.4 Å². The topological polar surface area (TPSA) is 6.48 Å². The minimum Gasteiger partial charge on any atom is -0.335 e. The van der Waals surface area contributed by atoms with Crippen LogP contribution in [0, 0.1) is 12.8 Å². The zero-order valence-electron chi connectivity index (χ0n) is 20.1. The van der Waals surface area contributed by atoms with E-state index in [0.29, 0.717) is 5.92 Å². The second-order valence-electron chi connectivity index (χ2n) is 10.3. The Balaban J connectivity index is 1.62. The maximum Gasteiger partial charge on any atom is 0.133 e. The Bertz CT molecular complexity index is 1200. The fourth-order valence-electron chi connectivity index (χ4n) is 6.93. The second-order valence-corrected chi connectivity index (χ2v) is 10.3. The molecule has 0 N–H and O–H groups in total. The van der Waals surface area contributed by atoms with Gasteiger partial charge in [0.25, 0.3) is 0 Å². The lowest BCUT2D eigenvalue weighted by Gasteiger charge is -2.48. The molecule has 3 aliphatic rings. The van der Waals surface area contributed by atoms with Crippen LogP contribution in [0.3, 0.4) is 0 Å². The van der Waals surface area contributed by atoms with Gasteiger partial charge in [0.1, 0.15) is 6.17 Å². The first-order valence-electron chi connectivity index (χ1n) is 12.6. The van der Waals surface area contributed by atoms with Gasteiger partial charge in [0.15, 0.2) is 0 Å². The van der Waals surface area contributed by atoms with Crippen LogP contribution in [-0.2, 0) is 5.54 Å². The zero-order valence-corrected chi connectivity index (χ0v) is 20.1. The van der Waals surface area contributed by atoms with Crippen LogP contribution >= 0.6 is 0 Å². The number of aryl methyl sites for hydroxylation is 1. The summed E-state index contributed by atoms with van der Waals surface area (Å²) in [5.74, 6) is 0.667. The molecule has 0 aromatic heterocycles. The Labute approximate surface area is 198 Å². The third-order valence-corrected chi connectivity index (χ3v) is 8.53. The molecule has 2 nitrogen and oxygen atoms in total. The number of fused-ring (bicyclic) bond motifs is 3. The van der Waals surface area contributed by atoms with Crippen LogP contribution in [0.4, 0.5) is 5.69 Å². The Morgan fingerprint density at radius 2 is 1.42 bits per heavy atom. The minimum atomic E-state index is -0.00838. The van der Waals surface area contributed by atoms with Gasteiger partial charge in [0, 0.05) is 16.9 Å². The molecule has 1 saturated carbocycles. The molecule has 3 aromatic carbocycles. The number of benzene rings is 3. The number of hydrogen-bond acceptors (Lipinski definition) is 2. The summed E-state index contributed by atoms with van der Waals surface area (Å²) in [6.07, 6.45) is 6.88. The Kier molecular flexibility index (Phi) is 4.87. The summed E-state index contributed by atoms with van der Waals surface area (Å²) in [5.41, 5.74) is 9.75. The van der Waals surface area contributed by atoms with Crippen LogP contribution in [0.25, 0.3) is 5.70 Å². The Hall–Kier alpha value is -3.00. The van der Waals surface area contributed by atoms with Crippen molar-refractivity contribution in [3.8, 4) is 0 Å². The molecule has 6 rings (SSSR count). The third-order valence-electron chi connectivity index (χ3n) is 8.53. The normalized spacial score (nSPS) is 24.9. The number of nitrogens with zero attached hydrogens (tertiary/aromatic N) is 2. The van der Waals surface area contributed by atoms with Crippen LogP contribution in [0.15, 0.2) is 84.6 Å². The quantitative estimate of drug-likeness (QED) is 0.412. The highest BCUT2D eigenvalue weighted by Gasteiger charge is 2.56. The van der Waals surface area contributed by atoms with Crippen molar-refractivity contribution in [1.82, 2.24) is 4.90 Å². The molecule has 2 heterocycles. The molecule has 2 aliphatic heterocycles. The van der Waals surface area contributed by atoms with Crippen molar-refractivity contribution in [2.45, 2.75) is 64.6 Å². The fourth-order valence-corrected chi connectivity index (χ4v) is 6.93. The molecular formula is C31H34N2. The minimum absolute atomic E-state index is 0.00838. The monoisotopic (exact) mass is 434 g/mol. The van der Waals surface area contributed by atoms with Crippen LogP contribution in [0.1, 0.15) is 74.4 Å². The SMILES string of the molecule is CC1=C2c3ccccc3C(C)(C3CCCCC3)N2C(c2ccccc2)N1c1ccccc1C. The largest absolute Gasteiger partial charge is 0.335 e. The maximum atomic E-state index is 2.81. The summed E-state index contributed by atoms with van der Waals surface area (Å²) in [5, 5.41) is 0. The summed E-state index contributed by atoms with van der Waals surface area (Å²) in [7, 11) is 0.